The first-order valence-corrected chi connectivity index (χ1v) is 15.1. The third kappa shape index (κ3) is 5.50. The summed E-state index contributed by atoms with van der Waals surface area (Å²) in [5.41, 5.74) is 10.3. The lowest BCUT2D eigenvalue weighted by molar-refractivity contribution is 0.667. The van der Waals surface area contributed by atoms with Gasteiger partial charge in [0.2, 0.25) is 0 Å². The maximum Gasteiger partial charge on any atom is 0.0410 e. The number of rotatable bonds is 9. The van der Waals surface area contributed by atoms with Gasteiger partial charge in [-0.1, -0.05) is 129 Å². The van der Waals surface area contributed by atoms with Gasteiger partial charge in [0.1, 0.15) is 0 Å². The lowest BCUT2D eigenvalue weighted by atomic mass is 9.86. The van der Waals surface area contributed by atoms with Crippen LogP contribution >= 0.6 is 0 Å². The average Bonchev–Trinajstić information content (AvgIpc) is 3.02. The molecular formula is C40H39N. The molecule has 0 N–H and O–H groups in total. The van der Waals surface area contributed by atoms with Gasteiger partial charge in [0.15, 0.2) is 0 Å². The van der Waals surface area contributed by atoms with Crippen LogP contribution in [-0.4, -0.2) is 7.05 Å². The smallest absolute Gasteiger partial charge is 0.0410 e. The van der Waals surface area contributed by atoms with Crippen LogP contribution in [0.4, 0.5) is 11.4 Å². The van der Waals surface area contributed by atoms with Crippen LogP contribution in [0, 0.1) is 6.92 Å². The molecule has 0 aliphatic heterocycles. The van der Waals surface area contributed by atoms with Crippen LogP contribution < -0.4 is 4.90 Å². The summed E-state index contributed by atoms with van der Waals surface area (Å²) in [4.78, 5) is 2.30. The van der Waals surface area contributed by atoms with Gasteiger partial charge in [-0.25, -0.2) is 0 Å². The molecule has 1 heteroatoms. The molecule has 0 heterocycles. The van der Waals surface area contributed by atoms with Gasteiger partial charge in [0.05, 0.1) is 0 Å². The van der Waals surface area contributed by atoms with Crippen molar-refractivity contribution >= 4 is 32.9 Å². The lowest BCUT2D eigenvalue weighted by Gasteiger charge is -2.21. The molecule has 204 valence electrons. The lowest BCUT2D eigenvalue weighted by Crippen LogP contribution is -2.09. The number of benzene rings is 6. The van der Waals surface area contributed by atoms with Crippen molar-refractivity contribution in [3.63, 3.8) is 0 Å². The highest BCUT2D eigenvalue weighted by molar-refractivity contribution is 6.21. The van der Waals surface area contributed by atoms with E-state index in [9.17, 15) is 0 Å². The number of anilines is 2. The van der Waals surface area contributed by atoms with E-state index in [1.54, 1.807) is 0 Å². The molecule has 6 aromatic carbocycles. The Bertz CT molecular complexity index is 1720. The molecule has 0 aromatic heterocycles. The van der Waals surface area contributed by atoms with Crippen molar-refractivity contribution in [1.29, 1.82) is 0 Å². The zero-order valence-electron chi connectivity index (χ0n) is 24.5. The van der Waals surface area contributed by atoms with Crippen LogP contribution in [0.3, 0.4) is 0 Å². The molecule has 6 rings (SSSR count). The number of unbranched alkanes of at least 4 members (excludes halogenated alkanes) is 3. The molecule has 0 saturated heterocycles. The van der Waals surface area contributed by atoms with Gasteiger partial charge in [-0.15, -0.1) is 0 Å². The van der Waals surface area contributed by atoms with E-state index in [0.29, 0.717) is 0 Å². The van der Waals surface area contributed by atoms with E-state index in [0.717, 1.165) is 6.42 Å². The molecular weight excluding hydrogens is 494 g/mol. The van der Waals surface area contributed by atoms with Gasteiger partial charge in [0.25, 0.3) is 0 Å². The molecule has 0 aliphatic rings. The first-order chi connectivity index (χ1) is 20.1. The zero-order valence-corrected chi connectivity index (χ0v) is 24.5. The standard InChI is InChI=1S/C40H39N/c1-4-5-6-7-13-30-14-12-15-34(28-30)41(3)33-26-24-32(25-27-33)40-37-18-10-8-16-35(37)39(31-22-20-29(2)21-23-31)36-17-9-11-19-38(36)40/h8-12,14-28H,4-7,13H2,1-3H3. The second kappa shape index (κ2) is 12.0. The van der Waals surface area contributed by atoms with Crippen LogP contribution in [0.25, 0.3) is 43.8 Å². The fourth-order valence-electron chi connectivity index (χ4n) is 6.15. The van der Waals surface area contributed by atoms with Gasteiger partial charge in [-0.2, -0.15) is 0 Å². The van der Waals surface area contributed by atoms with Crippen LogP contribution in [0.2, 0.25) is 0 Å². The Balaban J connectivity index is 1.39. The summed E-state index contributed by atoms with van der Waals surface area (Å²) in [6.07, 6.45) is 6.33. The molecule has 0 radical (unpaired) electrons. The highest BCUT2D eigenvalue weighted by Crippen LogP contribution is 2.44. The molecule has 0 aliphatic carbocycles. The third-order valence-corrected chi connectivity index (χ3v) is 8.43. The van der Waals surface area contributed by atoms with E-state index in [2.05, 4.69) is 147 Å². The Morgan fingerprint density at radius 3 is 1.59 bits per heavy atom. The van der Waals surface area contributed by atoms with Crippen molar-refractivity contribution in [1.82, 2.24) is 0 Å². The van der Waals surface area contributed by atoms with Crippen molar-refractivity contribution in [2.75, 3.05) is 11.9 Å². The summed E-state index contributed by atoms with van der Waals surface area (Å²) in [7, 11) is 2.17. The highest BCUT2D eigenvalue weighted by atomic mass is 15.1. The predicted octanol–water partition coefficient (Wildman–Crippen LogP) is 11.5. The highest BCUT2D eigenvalue weighted by Gasteiger charge is 2.16. The number of nitrogens with zero attached hydrogens (tertiary/aromatic N) is 1. The Morgan fingerprint density at radius 2 is 1.05 bits per heavy atom. The molecule has 0 atom stereocenters. The van der Waals surface area contributed by atoms with E-state index < -0.39 is 0 Å². The molecule has 0 bridgehead atoms. The van der Waals surface area contributed by atoms with Crippen LogP contribution in [-0.2, 0) is 6.42 Å². The van der Waals surface area contributed by atoms with Crippen molar-refractivity contribution < 1.29 is 0 Å². The Hall–Kier alpha value is -4.36. The van der Waals surface area contributed by atoms with Gasteiger partial charge in [0, 0.05) is 18.4 Å². The van der Waals surface area contributed by atoms with Gasteiger partial charge < -0.3 is 4.90 Å². The van der Waals surface area contributed by atoms with E-state index in [1.807, 2.05) is 0 Å². The topological polar surface area (TPSA) is 3.24 Å². The molecule has 1 nitrogen and oxygen atoms in total. The van der Waals surface area contributed by atoms with Crippen LogP contribution in [0.1, 0.15) is 43.7 Å². The van der Waals surface area contributed by atoms with Gasteiger partial charge >= 0.3 is 0 Å². The Labute approximate surface area is 245 Å². The summed E-state index contributed by atoms with van der Waals surface area (Å²) >= 11 is 0. The SMILES string of the molecule is CCCCCCc1cccc(N(C)c2ccc(-c3c4ccccc4c(-c4ccc(C)cc4)c4ccccc34)cc2)c1. The van der Waals surface area contributed by atoms with Crippen molar-refractivity contribution in [3.8, 4) is 22.3 Å². The molecule has 6 aromatic rings. The minimum absolute atomic E-state index is 1.15. The van der Waals surface area contributed by atoms with Gasteiger partial charge in [-0.05, 0) is 93.4 Å². The predicted molar refractivity (Wildman–Crippen MR) is 179 cm³/mol. The Kier molecular flexibility index (Phi) is 7.87. The fraction of sp³-hybridized carbons (Fsp3) is 0.200. The van der Waals surface area contributed by atoms with Crippen LogP contribution in [0.5, 0.6) is 0 Å². The molecule has 0 spiro atoms. The van der Waals surface area contributed by atoms with E-state index in [-0.39, 0.29) is 0 Å². The Morgan fingerprint density at radius 1 is 0.512 bits per heavy atom. The van der Waals surface area contributed by atoms with E-state index >= 15 is 0 Å². The van der Waals surface area contributed by atoms with Gasteiger partial charge in [-0.3, -0.25) is 0 Å². The monoisotopic (exact) mass is 533 g/mol. The number of fused-ring (bicyclic) bond motifs is 2. The molecule has 0 amide bonds. The maximum atomic E-state index is 2.35. The summed E-state index contributed by atoms with van der Waals surface area (Å²) in [6, 6.07) is 44.8. The summed E-state index contributed by atoms with van der Waals surface area (Å²) < 4.78 is 0. The van der Waals surface area contributed by atoms with E-state index in [1.165, 1.54) is 92.0 Å². The largest absolute Gasteiger partial charge is 0.345 e. The average molecular weight is 534 g/mol. The molecule has 0 fully saturated rings. The second-order valence-electron chi connectivity index (χ2n) is 11.3. The first-order valence-electron chi connectivity index (χ1n) is 15.1. The third-order valence-electron chi connectivity index (χ3n) is 8.43. The summed E-state index contributed by atoms with van der Waals surface area (Å²) in [5.74, 6) is 0. The van der Waals surface area contributed by atoms with Crippen molar-refractivity contribution in [3.05, 3.63) is 132 Å². The minimum atomic E-state index is 1.15. The van der Waals surface area contributed by atoms with E-state index in [4.69, 9.17) is 0 Å². The normalized spacial score (nSPS) is 11.3. The first kappa shape index (κ1) is 26.8. The molecule has 0 unspecified atom stereocenters. The summed E-state index contributed by atoms with van der Waals surface area (Å²) in [6.45, 7) is 4.42. The fourth-order valence-corrected chi connectivity index (χ4v) is 6.15. The quantitative estimate of drug-likeness (QED) is 0.132. The second-order valence-corrected chi connectivity index (χ2v) is 11.3. The van der Waals surface area contributed by atoms with Crippen molar-refractivity contribution in [2.24, 2.45) is 0 Å². The van der Waals surface area contributed by atoms with Crippen LogP contribution in [0.15, 0.2) is 121 Å². The molecule has 0 saturated carbocycles. The maximum absolute atomic E-state index is 2.35. The minimum Gasteiger partial charge on any atom is -0.345 e. The zero-order chi connectivity index (χ0) is 28.2. The number of aryl methyl sites for hydroxylation is 2. The summed E-state index contributed by atoms with van der Waals surface area (Å²) in [5, 5.41) is 5.17. The number of hydrogen-bond acceptors (Lipinski definition) is 1. The van der Waals surface area contributed by atoms with Crippen molar-refractivity contribution in [2.45, 2.75) is 46.0 Å². The molecule has 41 heavy (non-hydrogen) atoms. The number of hydrogen-bond donors (Lipinski definition) is 0.